The SMILES string of the molecule is C=N/C=C(\C=C(/C)NC(=O)CC(C)(C)C)c1cc2c(-c3cc4c(-c5cccc(F)c5)cccc4[nH]3)n[nH]c2cn1. The van der Waals surface area contributed by atoms with E-state index in [4.69, 9.17) is 0 Å². The minimum absolute atomic E-state index is 0.0517. The van der Waals surface area contributed by atoms with Crippen molar-refractivity contribution in [2.75, 3.05) is 0 Å². The molecule has 0 saturated carbocycles. The molecule has 0 radical (unpaired) electrons. The first-order valence-corrected chi connectivity index (χ1v) is 13.0. The van der Waals surface area contributed by atoms with Gasteiger partial charge in [0.25, 0.3) is 0 Å². The Balaban J connectivity index is 1.52. The van der Waals surface area contributed by atoms with Crippen LogP contribution in [0.4, 0.5) is 4.39 Å². The minimum atomic E-state index is -0.278. The zero-order valence-electron chi connectivity index (χ0n) is 23.0. The summed E-state index contributed by atoms with van der Waals surface area (Å²) in [6.07, 6.45) is 5.57. The Morgan fingerprint density at radius 2 is 1.90 bits per heavy atom. The highest BCUT2D eigenvalue weighted by Crippen LogP contribution is 2.34. The first-order chi connectivity index (χ1) is 19.1. The minimum Gasteiger partial charge on any atom is -0.353 e. The zero-order chi connectivity index (χ0) is 28.4. The highest BCUT2D eigenvalue weighted by molar-refractivity contribution is 6.01. The molecule has 0 fully saturated rings. The zero-order valence-corrected chi connectivity index (χ0v) is 23.0. The van der Waals surface area contributed by atoms with E-state index in [1.165, 1.54) is 12.1 Å². The summed E-state index contributed by atoms with van der Waals surface area (Å²) >= 11 is 0. The van der Waals surface area contributed by atoms with Gasteiger partial charge in [0.15, 0.2) is 0 Å². The molecule has 3 aromatic heterocycles. The highest BCUT2D eigenvalue weighted by atomic mass is 19.1. The number of halogens is 1. The number of benzene rings is 2. The lowest BCUT2D eigenvalue weighted by atomic mass is 9.92. The molecule has 1 amide bonds. The van der Waals surface area contributed by atoms with E-state index >= 15 is 0 Å². The predicted molar refractivity (Wildman–Crippen MR) is 160 cm³/mol. The van der Waals surface area contributed by atoms with Crippen LogP contribution in [0.1, 0.15) is 39.8 Å². The second kappa shape index (κ2) is 10.7. The molecule has 3 N–H and O–H groups in total. The average Bonchev–Trinajstić information content (AvgIpc) is 3.50. The van der Waals surface area contributed by atoms with Crippen molar-refractivity contribution in [3.63, 3.8) is 0 Å². The van der Waals surface area contributed by atoms with E-state index in [9.17, 15) is 9.18 Å². The summed E-state index contributed by atoms with van der Waals surface area (Å²) in [7, 11) is 0. The fraction of sp³-hybridized carbons (Fsp3) is 0.188. The normalized spacial score (nSPS) is 12.7. The molecule has 0 aliphatic carbocycles. The number of aliphatic imine (C=N–C) groups is 1. The molecule has 0 spiro atoms. The molecule has 5 aromatic rings. The van der Waals surface area contributed by atoms with Crippen LogP contribution < -0.4 is 5.32 Å². The topological polar surface area (TPSA) is 98.8 Å². The number of allylic oxidation sites excluding steroid dienone is 3. The smallest absolute Gasteiger partial charge is 0.224 e. The first-order valence-electron chi connectivity index (χ1n) is 13.0. The van der Waals surface area contributed by atoms with Crippen LogP contribution in [-0.4, -0.2) is 32.8 Å². The van der Waals surface area contributed by atoms with Gasteiger partial charge in [-0.2, -0.15) is 5.10 Å². The summed E-state index contributed by atoms with van der Waals surface area (Å²) in [4.78, 5) is 24.5. The number of H-pyrrole nitrogens is 2. The molecule has 3 heterocycles. The number of hydrogen-bond donors (Lipinski definition) is 3. The van der Waals surface area contributed by atoms with Crippen molar-refractivity contribution in [3.8, 4) is 22.5 Å². The number of aromatic nitrogens is 4. The molecule has 0 aliphatic heterocycles. The number of pyridine rings is 1. The Hall–Kier alpha value is -4.85. The number of carbonyl (C=O) groups is 1. The fourth-order valence-corrected chi connectivity index (χ4v) is 4.76. The first kappa shape index (κ1) is 26.7. The molecule has 0 aliphatic rings. The van der Waals surface area contributed by atoms with Gasteiger partial charge in [0.05, 0.1) is 23.1 Å². The van der Waals surface area contributed by atoms with Gasteiger partial charge in [-0.15, -0.1) is 0 Å². The predicted octanol–water partition coefficient (Wildman–Crippen LogP) is 7.41. The maximum absolute atomic E-state index is 14.0. The lowest BCUT2D eigenvalue weighted by molar-refractivity contribution is -0.122. The van der Waals surface area contributed by atoms with Crippen LogP contribution in [0.3, 0.4) is 0 Å². The van der Waals surface area contributed by atoms with E-state index in [-0.39, 0.29) is 17.1 Å². The van der Waals surface area contributed by atoms with Gasteiger partial charge in [-0.25, -0.2) is 4.39 Å². The van der Waals surface area contributed by atoms with Gasteiger partial charge in [-0.05, 0) is 66.6 Å². The number of aromatic amines is 2. The molecule has 5 rings (SSSR count). The Labute approximate surface area is 232 Å². The van der Waals surface area contributed by atoms with Gasteiger partial charge >= 0.3 is 0 Å². The van der Waals surface area contributed by atoms with Crippen molar-refractivity contribution in [2.45, 2.75) is 34.1 Å². The third-order valence-electron chi connectivity index (χ3n) is 6.43. The molecule has 2 aromatic carbocycles. The molecule has 0 atom stereocenters. The number of amides is 1. The Kier molecular flexibility index (Phi) is 7.17. The molecule has 0 unspecified atom stereocenters. The molecule has 7 nitrogen and oxygen atoms in total. The van der Waals surface area contributed by atoms with E-state index in [1.807, 2.05) is 70.2 Å². The van der Waals surface area contributed by atoms with Crippen molar-refractivity contribution in [1.82, 2.24) is 25.5 Å². The maximum Gasteiger partial charge on any atom is 0.224 e. The monoisotopic (exact) mass is 534 g/mol. The van der Waals surface area contributed by atoms with Gasteiger partial charge in [-0.3, -0.25) is 19.9 Å². The summed E-state index contributed by atoms with van der Waals surface area (Å²) in [5.41, 5.74) is 6.88. The second-order valence-electron chi connectivity index (χ2n) is 11.0. The summed E-state index contributed by atoms with van der Waals surface area (Å²) in [6, 6.07) is 16.5. The van der Waals surface area contributed by atoms with Crippen LogP contribution in [0.25, 0.3) is 49.9 Å². The Morgan fingerprint density at radius 1 is 1.10 bits per heavy atom. The number of hydrogen-bond acceptors (Lipinski definition) is 4. The largest absolute Gasteiger partial charge is 0.353 e. The standard InChI is InChI=1S/C32H31FN6O/c1-19(36-30(40)16-32(2,3)4)12-21(17-34-5)27-15-25-29(18-35-27)38-39-31(25)28-14-24-23(10-7-11-26(24)37-28)20-8-6-9-22(33)13-20/h6-15,17-18,37H,5,16H2,1-4H3,(H,36,40)(H,38,39)/b19-12+,21-17+. The average molecular weight is 535 g/mol. The van der Waals surface area contributed by atoms with Gasteiger partial charge in [0, 0.05) is 40.2 Å². The van der Waals surface area contributed by atoms with Crippen molar-refractivity contribution in [1.29, 1.82) is 0 Å². The number of rotatable bonds is 7. The lowest BCUT2D eigenvalue weighted by Crippen LogP contribution is -2.26. The fourth-order valence-electron chi connectivity index (χ4n) is 4.76. The molecule has 8 heteroatoms. The molecular weight excluding hydrogens is 503 g/mol. The van der Waals surface area contributed by atoms with E-state index in [2.05, 4.69) is 37.2 Å². The van der Waals surface area contributed by atoms with E-state index in [1.54, 1.807) is 18.5 Å². The summed E-state index contributed by atoms with van der Waals surface area (Å²) in [6.45, 7) is 11.5. The number of nitrogens with one attached hydrogen (secondary N) is 3. The van der Waals surface area contributed by atoms with Gasteiger partial charge in [-0.1, -0.05) is 45.0 Å². The van der Waals surface area contributed by atoms with Crippen LogP contribution in [0.5, 0.6) is 0 Å². The summed E-state index contributed by atoms with van der Waals surface area (Å²) < 4.78 is 14.0. The van der Waals surface area contributed by atoms with Gasteiger partial charge in [0.2, 0.25) is 5.91 Å². The second-order valence-corrected chi connectivity index (χ2v) is 11.0. The molecular formula is C32H31FN6O. The third-order valence-corrected chi connectivity index (χ3v) is 6.43. The van der Waals surface area contributed by atoms with E-state index in [0.717, 1.165) is 44.3 Å². The molecule has 40 heavy (non-hydrogen) atoms. The third kappa shape index (κ3) is 5.76. The molecule has 0 bridgehead atoms. The molecule has 0 saturated heterocycles. The lowest BCUT2D eigenvalue weighted by Gasteiger charge is -2.17. The number of nitrogens with zero attached hydrogens (tertiary/aromatic N) is 3. The van der Waals surface area contributed by atoms with Crippen molar-refractivity contribution >= 4 is 40.0 Å². The molecule has 202 valence electrons. The summed E-state index contributed by atoms with van der Waals surface area (Å²) in [5.74, 6) is -0.330. The van der Waals surface area contributed by atoms with Crippen molar-refractivity contribution < 1.29 is 9.18 Å². The van der Waals surface area contributed by atoms with Crippen LogP contribution in [0, 0.1) is 11.2 Å². The Bertz CT molecular complexity index is 1800. The van der Waals surface area contributed by atoms with Crippen LogP contribution >= 0.6 is 0 Å². The summed E-state index contributed by atoms with van der Waals surface area (Å²) in [5, 5.41) is 12.4. The van der Waals surface area contributed by atoms with Crippen molar-refractivity contribution in [2.24, 2.45) is 10.4 Å². The van der Waals surface area contributed by atoms with Gasteiger partial charge in [0.1, 0.15) is 11.5 Å². The van der Waals surface area contributed by atoms with Gasteiger partial charge < -0.3 is 10.3 Å². The van der Waals surface area contributed by atoms with E-state index in [0.29, 0.717) is 23.4 Å². The van der Waals surface area contributed by atoms with Crippen LogP contribution in [-0.2, 0) is 4.79 Å². The Morgan fingerprint density at radius 3 is 2.65 bits per heavy atom. The van der Waals surface area contributed by atoms with Crippen LogP contribution in [0.2, 0.25) is 0 Å². The quantitative estimate of drug-likeness (QED) is 0.150. The number of carbonyl (C=O) groups excluding carboxylic acids is 1. The van der Waals surface area contributed by atoms with E-state index < -0.39 is 0 Å². The maximum atomic E-state index is 14.0. The highest BCUT2D eigenvalue weighted by Gasteiger charge is 2.17. The van der Waals surface area contributed by atoms with Crippen molar-refractivity contribution in [3.05, 3.63) is 90.3 Å². The van der Waals surface area contributed by atoms with Crippen LogP contribution in [0.15, 0.2) is 83.8 Å². The number of fused-ring (bicyclic) bond motifs is 2.